The highest BCUT2D eigenvalue weighted by Gasteiger charge is 2.08. The minimum atomic E-state index is 0.122. The Labute approximate surface area is 160 Å². The van der Waals surface area contributed by atoms with Crippen molar-refractivity contribution in [2.24, 2.45) is 5.41 Å². The third-order valence-corrected chi connectivity index (χ3v) is 5.32. The predicted octanol–water partition coefficient (Wildman–Crippen LogP) is 8.87. The molecule has 0 saturated heterocycles. The fourth-order valence-corrected chi connectivity index (χ4v) is 3.59. The molecule has 0 heterocycles. The molecule has 1 heteroatoms. The third-order valence-electron chi connectivity index (χ3n) is 5.32. The second kappa shape index (κ2) is 18.7. The van der Waals surface area contributed by atoms with Crippen molar-refractivity contribution in [3.63, 3.8) is 0 Å². The number of rotatable bonds is 19. The highest BCUT2D eigenvalue weighted by Crippen LogP contribution is 2.22. The van der Waals surface area contributed by atoms with E-state index < -0.39 is 0 Å². The highest BCUT2D eigenvalue weighted by atomic mass is 16.2. The summed E-state index contributed by atoms with van der Waals surface area (Å²) in [5.41, 5.74) is 0.526. The smallest absolute Gasteiger partial charge is 0.0822 e. The van der Waals surface area contributed by atoms with Crippen molar-refractivity contribution < 1.29 is 5.11 Å². The molecule has 0 saturated carbocycles. The molecule has 0 amide bonds. The van der Waals surface area contributed by atoms with E-state index in [1.54, 1.807) is 0 Å². The molecule has 0 spiro atoms. The maximum atomic E-state index is 10.3. The van der Waals surface area contributed by atoms with E-state index in [0.29, 0.717) is 5.41 Å². The first-order chi connectivity index (χ1) is 12.1. The highest BCUT2D eigenvalue weighted by molar-refractivity contribution is 4.61. The monoisotopic (exact) mass is 353 g/mol. The third kappa shape index (κ3) is 24.0. The van der Waals surface area contributed by atoms with Crippen LogP contribution < -0.4 is 0 Å². The van der Waals surface area contributed by atoms with Crippen molar-refractivity contribution in [1.29, 1.82) is 0 Å². The van der Waals surface area contributed by atoms with Gasteiger partial charge in [0.2, 0.25) is 0 Å². The normalized spacial score (nSPS) is 12.0. The van der Waals surface area contributed by atoms with Gasteiger partial charge < -0.3 is 0 Å². The Morgan fingerprint density at radius 1 is 0.400 bits per heavy atom. The molecule has 0 aromatic rings. The second-order valence-electron chi connectivity index (χ2n) is 9.38. The van der Waals surface area contributed by atoms with Crippen LogP contribution in [-0.4, -0.2) is 6.61 Å². The van der Waals surface area contributed by atoms with Crippen molar-refractivity contribution in [3.8, 4) is 0 Å². The van der Waals surface area contributed by atoms with Crippen LogP contribution in [0.4, 0.5) is 0 Å². The van der Waals surface area contributed by atoms with Crippen LogP contribution in [0.1, 0.15) is 143 Å². The molecule has 0 unspecified atom stereocenters. The van der Waals surface area contributed by atoms with Crippen LogP contribution in [0.15, 0.2) is 0 Å². The summed E-state index contributed by atoms with van der Waals surface area (Å²) in [6.07, 6.45) is 26.2. The standard InChI is InChI=1S/C24H49O/c1-24(2,3)22-20-18-16-14-12-10-8-6-4-5-7-9-11-13-15-17-19-21-23-25/h4-23H2,1-3H3. The van der Waals surface area contributed by atoms with Crippen molar-refractivity contribution in [2.75, 3.05) is 6.61 Å². The molecule has 0 N–H and O–H groups in total. The van der Waals surface area contributed by atoms with Crippen molar-refractivity contribution >= 4 is 0 Å². The molecule has 0 aliphatic heterocycles. The SMILES string of the molecule is CC(C)(C)CCCCCCCCCCCCCCCCCCCC[O]. The largest absolute Gasteiger partial charge is 0.237 e. The Hall–Kier alpha value is -0.0400. The predicted molar refractivity (Wildman–Crippen MR) is 113 cm³/mol. The Balaban J connectivity index is 3.01. The van der Waals surface area contributed by atoms with E-state index in [0.717, 1.165) is 12.8 Å². The molecule has 1 radical (unpaired) electrons. The lowest BCUT2D eigenvalue weighted by atomic mass is 9.89. The van der Waals surface area contributed by atoms with Crippen LogP contribution in [0.3, 0.4) is 0 Å². The average molecular weight is 354 g/mol. The Morgan fingerprint density at radius 3 is 0.880 bits per heavy atom. The number of hydrogen-bond acceptors (Lipinski definition) is 0. The lowest BCUT2D eigenvalue weighted by Crippen LogP contribution is -2.03. The van der Waals surface area contributed by atoms with Gasteiger partial charge >= 0.3 is 0 Å². The lowest BCUT2D eigenvalue weighted by Gasteiger charge is -2.17. The van der Waals surface area contributed by atoms with E-state index in [4.69, 9.17) is 0 Å². The number of hydrogen-bond donors (Lipinski definition) is 0. The van der Waals surface area contributed by atoms with Gasteiger partial charge in [-0.1, -0.05) is 130 Å². The van der Waals surface area contributed by atoms with E-state index in [9.17, 15) is 5.11 Å². The molecular weight excluding hydrogens is 304 g/mol. The van der Waals surface area contributed by atoms with Gasteiger partial charge in [-0.15, -0.1) is 0 Å². The van der Waals surface area contributed by atoms with Gasteiger partial charge in [-0.2, -0.15) is 0 Å². The summed E-state index contributed by atoms with van der Waals surface area (Å²) < 4.78 is 0. The van der Waals surface area contributed by atoms with E-state index in [1.807, 2.05) is 0 Å². The van der Waals surface area contributed by atoms with Gasteiger partial charge in [0.1, 0.15) is 0 Å². The minimum Gasteiger partial charge on any atom is -0.237 e. The zero-order valence-electron chi connectivity index (χ0n) is 18.1. The Bertz CT molecular complexity index is 241. The topological polar surface area (TPSA) is 19.9 Å². The fraction of sp³-hybridized carbons (Fsp3) is 1.00. The van der Waals surface area contributed by atoms with Crippen LogP contribution in [0, 0.1) is 5.41 Å². The summed E-state index contributed by atoms with van der Waals surface area (Å²) in [6, 6.07) is 0. The Morgan fingerprint density at radius 2 is 0.640 bits per heavy atom. The molecule has 0 aromatic carbocycles. The molecular formula is C24H49O. The first-order valence-corrected chi connectivity index (χ1v) is 11.6. The van der Waals surface area contributed by atoms with Crippen LogP contribution in [0.5, 0.6) is 0 Å². The average Bonchev–Trinajstić information content (AvgIpc) is 2.56. The molecule has 0 aromatic heterocycles. The molecule has 0 atom stereocenters. The van der Waals surface area contributed by atoms with Gasteiger partial charge in [0.05, 0.1) is 6.61 Å². The Kier molecular flexibility index (Phi) is 18.7. The molecule has 0 rings (SSSR count). The van der Waals surface area contributed by atoms with Gasteiger partial charge in [-0.3, -0.25) is 0 Å². The molecule has 25 heavy (non-hydrogen) atoms. The van der Waals surface area contributed by atoms with Crippen molar-refractivity contribution in [3.05, 3.63) is 0 Å². The molecule has 0 bridgehead atoms. The molecule has 0 fully saturated rings. The summed E-state index contributed by atoms with van der Waals surface area (Å²) in [5.74, 6) is 0. The zero-order valence-corrected chi connectivity index (χ0v) is 18.1. The maximum absolute atomic E-state index is 10.3. The first-order valence-electron chi connectivity index (χ1n) is 11.6. The van der Waals surface area contributed by atoms with Gasteiger partial charge in [-0.25, -0.2) is 5.11 Å². The van der Waals surface area contributed by atoms with Crippen molar-refractivity contribution in [1.82, 2.24) is 0 Å². The van der Waals surface area contributed by atoms with Crippen LogP contribution in [0.25, 0.3) is 0 Å². The van der Waals surface area contributed by atoms with E-state index in [-0.39, 0.29) is 6.61 Å². The summed E-state index contributed by atoms with van der Waals surface area (Å²) in [6.45, 7) is 7.18. The van der Waals surface area contributed by atoms with E-state index >= 15 is 0 Å². The first kappa shape index (κ1) is 25.0. The maximum Gasteiger partial charge on any atom is 0.0822 e. The fourth-order valence-electron chi connectivity index (χ4n) is 3.59. The quantitative estimate of drug-likeness (QED) is 0.207. The molecule has 0 aliphatic carbocycles. The second-order valence-corrected chi connectivity index (χ2v) is 9.38. The molecule has 1 nitrogen and oxygen atoms in total. The van der Waals surface area contributed by atoms with Crippen LogP contribution in [-0.2, 0) is 5.11 Å². The minimum absolute atomic E-state index is 0.122. The van der Waals surface area contributed by atoms with Crippen LogP contribution in [0.2, 0.25) is 0 Å². The molecule has 0 aliphatic rings. The van der Waals surface area contributed by atoms with Gasteiger partial charge in [-0.05, 0) is 18.3 Å². The summed E-state index contributed by atoms with van der Waals surface area (Å²) in [7, 11) is 0. The molecule has 151 valence electrons. The lowest BCUT2D eigenvalue weighted by molar-refractivity contribution is 0.186. The van der Waals surface area contributed by atoms with Gasteiger partial charge in [0.25, 0.3) is 0 Å². The van der Waals surface area contributed by atoms with Crippen LogP contribution >= 0.6 is 0 Å². The summed E-state index contributed by atoms with van der Waals surface area (Å²) in [5, 5.41) is 10.3. The van der Waals surface area contributed by atoms with E-state index in [2.05, 4.69) is 20.8 Å². The zero-order chi connectivity index (χ0) is 18.6. The van der Waals surface area contributed by atoms with Crippen molar-refractivity contribution in [2.45, 2.75) is 143 Å². The summed E-state index contributed by atoms with van der Waals surface area (Å²) >= 11 is 0. The van der Waals surface area contributed by atoms with Gasteiger partial charge in [0, 0.05) is 0 Å². The number of unbranched alkanes of at least 4 members (excludes halogenated alkanes) is 17. The summed E-state index contributed by atoms with van der Waals surface area (Å²) in [4.78, 5) is 0. The van der Waals surface area contributed by atoms with Gasteiger partial charge in [0.15, 0.2) is 0 Å². The van der Waals surface area contributed by atoms with E-state index in [1.165, 1.54) is 109 Å².